The number of esters is 1. The summed E-state index contributed by atoms with van der Waals surface area (Å²) >= 11 is 0. The average Bonchev–Trinajstić information content (AvgIpc) is 2.81. The maximum atomic E-state index is 12.0. The van der Waals surface area contributed by atoms with Gasteiger partial charge in [0.05, 0.1) is 25.2 Å². The highest BCUT2D eigenvalue weighted by molar-refractivity contribution is 6.11. The topological polar surface area (TPSA) is 83.1 Å². The number of nitrogens with one attached hydrogen (secondary N) is 1. The SMILES string of the molecule is [B][C@@H]1O[C@H](CC)[C@H](OC(=O)CCC(=O)NC)C1OC(C)COC. The molecule has 0 aromatic carbocycles. The Morgan fingerprint density at radius 3 is 2.57 bits per heavy atom. The quantitative estimate of drug-likeness (QED) is 0.479. The van der Waals surface area contributed by atoms with E-state index in [-0.39, 0.29) is 31.0 Å². The van der Waals surface area contributed by atoms with Crippen LogP contribution in [0.2, 0.25) is 0 Å². The summed E-state index contributed by atoms with van der Waals surface area (Å²) in [5, 5.41) is 2.46. The van der Waals surface area contributed by atoms with Gasteiger partial charge in [0, 0.05) is 26.6 Å². The van der Waals surface area contributed by atoms with Gasteiger partial charge < -0.3 is 24.3 Å². The van der Waals surface area contributed by atoms with Gasteiger partial charge in [-0.1, -0.05) is 6.92 Å². The number of rotatable bonds is 9. The zero-order chi connectivity index (χ0) is 17.4. The van der Waals surface area contributed by atoms with E-state index in [2.05, 4.69) is 5.32 Å². The van der Waals surface area contributed by atoms with Crippen LogP contribution in [0.5, 0.6) is 0 Å². The van der Waals surface area contributed by atoms with Gasteiger partial charge in [-0.05, 0) is 13.3 Å². The number of amides is 1. The van der Waals surface area contributed by atoms with Gasteiger partial charge in [-0.2, -0.15) is 0 Å². The van der Waals surface area contributed by atoms with Crippen LogP contribution in [0.15, 0.2) is 0 Å². The van der Waals surface area contributed by atoms with Gasteiger partial charge in [0.1, 0.15) is 14.0 Å². The minimum Gasteiger partial charge on any atom is -0.457 e. The molecule has 2 radical (unpaired) electrons. The molecule has 0 bridgehead atoms. The predicted octanol–water partition coefficient (Wildman–Crippen LogP) is 0.148. The van der Waals surface area contributed by atoms with Crippen molar-refractivity contribution in [1.29, 1.82) is 0 Å². The summed E-state index contributed by atoms with van der Waals surface area (Å²) in [5.74, 6) is -0.683. The summed E-state index contributed by atoms with van der Waals surface area (Å²) in [6.45, 7) is 4.17. The van der Waals surface area contributed by atoms with E-state index in [0.29, 0.717) is 13.0 Å². The summed E-state index contributed by atoms with van der Waals surface area (Å²) in [5.41, 5.74) is 0. The van der Waals surface area contributed by atoms with E-state index in [1.165, 1.54) is 7.05 Å². The molecule has 1 saturated heterocycles. The fourth-order valence-corrected chi connectivity index (χ4v) is 2.48. The van der Waals surface area contributed by atoms with E-state index >= 15 is 0 Å². The number of carbonyl (C=O) groups excluding carboxylic acids is 2. The van der Waals surface area contributed by atoms with E-state index in [1.807, 2.05) is 13.8 Å². The Balaban J connectivity index is 2.64. The molecule has 0 aromatic rings. The molecular formula is C15H26BNO6. The number of ether oxygens (including phenoxy) is 4. The molecule has 0 aromatic heterocycles. The van der Waals surface area contributed by atoms with Crippen molar-refractivity contribution < 1.29 is 28.5 Å². The largest absolute Gasteiger partial charge is 0.457 e. The van der Waals surface area contributed by atoms with Gasteiger partial charge in [0.15, 0.2) is 6.10 Å². The van der Waals surface area contributed by atoms with Gasteiger partial charge in [0.2, 0.25) is 5.91 Å². The van der Waals surface area contributed by atoms with Crippen molar-refractivity contribution in [1.82, 2.24) is 5.32 Å². The smallest absolute Gasteiger partial charge is 0.306 e. The van der Waals surface area contributed by atoms with Crippen molar-refractivity contribution >= 4 is 19.7 Å². The van der Waals surface area contributed by atoms with E-state index in [9.17, 15) is 9.59 Å². The number of methoxy groups -OCH3 is 1. The Hall–Kier alpha value is -1.12. The molecule has 5 atom stereocenters. The number of hydrogen-bond acceptors (Lipinski definition) is 6. The Morgan fingerprint density at radius 1 is 1.30 bits per heavy atom. The summed E-state index contributed by atoms with van der Waals surface area (Å²) in [7, 11) is 9.05. The van der Waals surface area contributed by atoms with Crippen LogP contribution in [0.3, 0.4) is 0 Å². The lowest BCUT2D eigenvalue weighted by Crippen LogP contribution is -2.41. The normalized spacial score (nSPS) is 28.3. The highest BCUT2D eigenvalue weighted by atomic mass is 16.6. The lowest BCUT2D eigenvalue weighted by molar-refractivity contribution is -0.161. The second-order valence-corrected chi connectivity index (χ2v) is 5.54. The lowest BCUT2D eigenvalue weighted by Gasteiger charge is -2.26. The minimum atomic E-state index is -0.670. The van der Waals surface area contributed by atoms with Crippen LogP contribution in [0.4, 0.5) is 0 Å². The van der Waals surface area contributed by atoms with E-state index < -0.39 is 24.2 Å². The summed E-state index contributed by atoms with van der Waals surface area (Å²) in [4.78, 5) is 23.2. The third kappa shape index (κ3) is 6.12. The fraction of sp³-hybridized carbons (Fsp3) is 0.867. The molecular weight excluding hydrogens is 301 g/mol. The monoisotopic (exact) mass is 327 g/mol. The molecule has 0 saturated carbocycles. The molecule has 2 unspecified atom stereocenters. The van der Waals surface area contributed by atoms with Gasteiger partial charge in [-0.25, -0.2) is 0 Å². The first-order valence-electron chi connectivity index (χ1n) is 7.88. The van der Waals surface area contributed by atoms with Crippen LogP contribution in [0.1, 0.15) is 33.1 Å². The van der Waals surface area contributed by atoms with Gasteiger partial charge in [0.25, 0.3) is 0 Å². The van der Waals surface area contributed by atoms with Crippen molar-refractivity contribution in [3.8, 4) is 0 Å². The van der Waals surface area contributed by atoms with Crippen LogP contribution >= 0.6 is 0 Å². The first-order valence-corrected chi connectivity index (χ1v) is 7.88. The second kappa shape index (κ2) is 9.90. The zero-order valence-corrected chi connectivity index (χ0v) is 14.2. The molecule has 1 aliphatic rings. The number of carbonyl (C=O) groups is 2. The van der Waals surface area contributed by atoms with E-state index in [4.69, 9.17) is 26.8 Å². The van der Waals surface area contributed by atoms with E-state index in [0.717, 1.165) is 0 Å². The van der Waals surface area contributed by atoms with Crippen molar-refractivity contribution in [2.75, 3.05) is 20.8 Å². The Morgan fingerprint density at radius 2 is 2.00 bits per heavy atom. The second-order valence-electron chi connectivity index (χ2n) is 5.54. The van der Waals surface area contributed by atoms with Crippen molar-refractivity contribution in [3.63, 3.8) is 0 Å². The van der Waals surface area contributed by atoms with E-state index in [1.54, 1.807) is 7.11 Å². The summed E-state index contributed by atoms with van der Waals surface area (Å²) in [6, 6.07) is -0.670. The maximum Gasteiger partial charge on any atom is 0.306 e. The van der Waals surface area contributed by atoms with Gasteiger partial charge >= 0.3 is 5.97 Å². The Kier molecular flexibility index (Phi) is 8.58. The van der Waals surface area contributed by atoms with Crippen molar-refractivity contribution in [3.05, 3.63) is 0 Å². The molecule has 1 aliphatic heterocycles. The fourth-order valence-electron chi connectivity index (χ4n) is 2.48. The zero-order valence-electron chi connectivity index (χ0n) is 14.2. The first kappa shape index (κ1) is 19.9. The van der Waals surface area contributed by atoms with Crippen LogP contribution < -0.4 is 5.32 Å². The molecule has 1 heterocycles. The van der Waals surface area contributed by atoms with Crippen molar-refractivity contribution in [2.45, 2.75) is 63.5 Å². The first-order chi connectivity index (χ1) is 10.9. The average molecular weight is 327 g/mol. The molecule has 130 valence electrons. The molecule has 0 spiro atoms. The molecule has 8 heteroatoms. The Labute approximate surface area is 138 Å². The van der Waals surface area contributed by atoms with Crippen LogP contribution in [-0.4, -0.2) is 70.9 Å². The molecule has 7 nitrogen and oxygen atoms in total. The van der Waals surface area contributed by atoms with Crippen LogP contribution in [0, 0.1) is 0 Å². The minimum absolute atomic E-state index is 0.00217. The summed E-state index contributed by atoms with van der Waals surface area (Å²) < 4.78 is 22.0. The van der Waals surface area contributed by atoms with Gasteiger partial charge in [-0.15, -0.1) is 0 Å². The maximum absolute atomic E-state index is 12.0. The molecule has 1 N–H and O–H groups in total. The highest BCUT2D eigenvalue weighted by Crippen LogP contribution is 2.28. The highest BCUT2D eigenvalue weighted by Gasteiger charge is 2.45. The summed E-state index contributed by atoms with van der Waals surface area (Å²) in [6.07, 6.45) is -0.962. The van der Waals surface area contributed by atoms with Crippen LogP contribution in [0.25, 0.3) is 0 Å². The van der Waals surface area contributed by atoms with Crippen molar-refractivity contribution in [2.24, 2.45) is 0 Å². The lowest BCUT2D eigenvalue weighted by atomic mass is 9.92. The predicted molar refractivity (Wildman–Crippen MR) is 84.1 cm³/mol. The Bertz CT molecular complexity index is 394. The third-order valence-electron chi connectivity index (χ3n) is 3.64. The molecule has 23 heavy (non-hydrogen) atoms. The van der Waals surface area contributed by atoms with Gasteiger partial charge in [-0.3, -0.25) is 9.59 Å². The molecule has 1 fully saturated rings. The number of hydrogen-bond donors (Lipinski definition) is 1. The standard InChI is InChI=1S/C15H26BNO6/c1-5-10-13(23-12(19)7-6-11(18)17-3)14(15(16)22-10)21-9(2)8-20-4/h9-10,13-15H,5-8H2,1-4H3,(H,17,18)/t9?,10-,13+,14?,15-/m1/s1. The molecule has 1 rings (SSSR count). The molecule has 0 aliphatic carbocycles. The van der Waals surface area contributed by atoms with Crippen LogP contribution in [-0.2, 0) is 28.5 Å². The third-order valence-corrected chi connectivity index (χ3v) is 3.64. The molecule has 1 amide bonds.